The first-order valence-corrected chi connectivity index (χ1v) is 8.65. The van der Waals surface area contributed by atoms with E-state index in [9.17, 15) is 9.59 Å². The third-order valence-electron chi connectivity index (χ3n) is 4.12. The maximum Gasteiger partial charge on any atom is 0.255 e. The molecule has 4 nitrogen and oxygen atoms in total. The molecule has 2 heterocycles. The third kappa shape index (κ3) is 3.07. The normalized spacial score (nSPS) is 22.4. The number of benzene rings is 1. The van der Waals surface area contributed by atoms with Gasteiger partial charge in [-0.2, -0.15) is 0 Å². The van der Waals surface area contributed by atoms with E-state index in [2.05, 4.69) is 0 Å². The maximum atomic E-state index is 12.7. The number of carbonyl (C=O) groups excluding carboxylic acids is 2. The molecule has 112 valence electrons. The van der Waals surface area contributed by atoms with E-state index in [1.54, 1.807) is 16.7 Å². The SMILES string of the molecule is O=C(C1CSCN1C(=O)c1ccccc1)N1CCCCC1. The van der Waals surface area contributed by atoms with E-state index in [1.807, 2.05) is 35.2 Å². The van der Waals surface area contributed by atoms with Crippen molar-refractivity contribution in [1.29, 1.82) is 0 Å². The zero-order valence-electron chi connectivity index (χ0n) is 12.0. The van der Waals surface area contributed by atoms with Gasteiger partial charge in [0.25, 0.3) is 5.91 Å². The van der Waals surface area contributed by atoms with E-state index in [-0.39, 0.29) is 17.9 Å². The second kappa shape index (κ2) is 6.52. The minimum Gasteiger partial charge on any atom is -0.341 e. The predicted octanol–water partition coefficient (Wildman–Crippen LogP) is 2.21. The Labute approximate surface area is 129 Å². The number of piperidine rings is 1. The van der Waals surface area contributed by atoms with Gasteiger partial charge in [0.2, 0.25) is 5.91 Å². The van der Waals surface area contributed by atoms with Crippen LogP contribution in [-0.4, -0.2) is 52.4 Å². The van der Waals surface area contributed by atoms with Gasteiger partial charge in [-0.15, -0.1) is 11.8 Å². The van der Waals surface area contributed by atoms with Gasteiger partial charge < -0.3 is 9.80 Å². The summed E-state index contributed by atoms with van der Waals surface area (Å²) < 4.78 is 0. The molecule has 0 N–H and O–H groups in total. The van der Waals surface area contributed by atoms with Crippen LogP contribution in [0, 0.1) is 0 Å². The van der Waals surface area contributed by atoms with Crippen molar-refractivity contribution in [2.75, 3.05) is 24.7 Å². The molecule has 5 heteroatoms. The van der Waals surface area contributed by atoms with Crippen molar-refractivity contribution < 1.29 is 9.59 Å². The van der Waals surface area contributed by atoms with Crippen molar-refractivity contribution in [1.82, 2.24) is 9.80 Å². The average molecular weight is 304 g/mol. The summed E-state index contributed by atoms with van der Waals surface area (Å²) in [4.78, 5) is 28.9. The second-order valence-electron chi connectivity index (χ2n) is 5.54. The van der Waals surface area contributed by atoms with E-state index < -0.39 is 0 Å². The fourth-order valence-corrected chi connectivity index (χ4v) is 4.06. The predicted molar refractivity (Wildman–Crippen MR) is 84.2 cm³/mol. The number of nitrogens with zero attached hydrogens (tertiary/aromatic N) is 2. The molecule has 1 unspecified atom stereocenters. The van der Waals surface area contributed by atoms with Crippen LogP contribution in [0.2, 0.25) is 0 Å². The highest BCUT2D eigenvalue weighted by Crippen LogP contribution is 2.25. The largest absolute Gasteiger partial charge is 0.341 e. The summed E-state index contributed by atoms with van der Waals surface area (Å²) in [6.45, 7) is 1.68. The Balaban J connectivity index is 1.73. The second-order valence-corrected chi connectivity index (χ2v) is 6.54. The van der Waals surface area contributed by atoms with Crippen LogP contribution in [-0.2, 0) is 4.79 Å². The van der Waals surface area contributed by atoms with Gasteiger partial charge in [0.15, 0.2) is 0 Å². The molecular weight excluding hydrogens is 284 g/mol. The number of rotatable bonds is 2. The summed E-state index contributed by atoms with van der Waals surface area (Å²) in [6, 6.07) is 8.95. The first kappa shape index (κ1) is 14.4. The molecule has 2 saturated heterocycles. The zero-order valence-corrected chi connectivity index (χ0v) is 12.8. The molecule has 1 aromatic carbocycles. The summed E-state index contributed by atoms with van der Waals surface area (Å²) in [7, 11) is 0. The molecule has 3 rings (SSSR count). The summed E-state index contributed by atoms with van der Waals surface area (Å²) >= 11 is 1.66. The minimum absolute atomic E-state index is 0.0315. The highest BCUT2D eigenvalue weighted by Gasteiger charge is 2.37. The molecule has 1 atom stereocenters. The molecule has 2 amide bonds. The molecule has 0 aromatic heterocycles. The van der Waals surface area contributed by atoms with E-state index in [0.717, 1.165) is 25.9 Å². The molecule has 21 heavy (non-hydrogen) atoms. The number of carbonyl (C=O) groups is 2. The monoisotopic (exact) mass is 304 g/mol. The number of amides is 2. The van der Waals surface area contributed by atoms with E-state index in [4.69, 9.17) is 0 Å². The van der Waals surface area contributed by atoms with E-state index >= 15 is 0 Å². The Bertz CT molecular complexity index is 514. The van der Waals surface area contributed by atoms with Crippen LogP contribution in [0.5, 0.6) is 0 Å². The van der Waals surface area contributed by atoms with Gasteiger partial charge in [-0.25, -0.2) is 0 Å². The highest BCUT2D eigenvalue weighted by molar-refractivity contribution is 7.99. The Morgan fingerprint density at radius 2 is 1.76 bits per heavy atom. The molecule has 0 bridgehead atoms. The van der Waals surface area contributed by atoms with Crippen molar-refractivity contribution in [3.63, 3.8) is 0 Å². The summed E-state index contributed by atoms with van der Waals surface area (Å²) in [5.41, 5.74) is 0.663. The van der Waals surface area contributed by atoms with Gasteiger partial charge in [0.05, 0.1) is 5.88 Å². The van der Waals surface area contributed by atoms with Crippen molar-refractivity contribution in [2.24, 2.45) is 0 Å². The van der Waals surface area contributed by atoms with E-state index in [0.29, 0.717) is 17.2 Å². The summed E-state index contributed by atoms with van der Waals surface area (Å²) in [5.74, 6) is 1.42. The van der Waals surface area contributed by atoms with Gasteiger partial charge in [-0.05, 0) is 31.4 Å². The summed E-state index contributed by atoms with van der Waals surface area (Å²) in [5, 5.41) is 0. The van der Waals surface area contributed by atoms with Gasteiger partial charge in [-0.1, -0.05) is 18.2 Å². The molecule has 0 spiro atoms. The van der Waals surface area contributed by atoms with Crippen LogP contribution >= 0.6 is 11.8 Å². The van der Waals surface area contributed by atoms with Gasteiger partial charge in [0, 0.05) is 24.4 Å². The Kier molecular flexibility index (Phi) is 4.48. The number of hydrogen-bond donors (Lipinski definition) is 0. The van der Waals surface area contributed by atoms with Crippen LogP contribution in [0.25, 0.3) is 0 Å². The minimum atomic E-state index is -0.291. The van der Waals surface area contributed by atoms with E-state index in [1.165, 1.54) is 6.42 Å². The quantitative estimate of drug-likeness (QED) is 0.841. The van der Waals surface area contributed by atoms with Crippen molar-refractivity contribution in [3.05, 3.63) is 35.9 Å². The Morgan fingerprint density at radius 3 is 2.48 bits per heavy atom. The van der Waals surface area contributed by atoms with Crippen LogP contribution in [0.3, 0.4) is 0 Å². The molecular formula is C16H20N2O2S. The lowest BCUT2D eigenvalue weighted by Gasteiger charge is -2.32. The fourth-order valence-electron chi connectivity index (χ4n) is 2.92. The topological polar surface area (TPSA) is 40.6 Å². The van der Waals surface area contributed by atoms with Crippen molar-refractivity contribution >= 4 is 23.6 Å². The highest BCUT2D eigenvalue weighted by atomic mass is 32.2. The van der Waals surface area contributed by atoms with Gasteiger partial charge in [0.1, 0.15) is 6.04 Å². The number of hydrogen-bond acceptors (Lipinski definition) is 3. The standard InChI is InChI=1S/C16H20N2O2S/c19-15(13-7-3-1-4-8-13)18-12-21-11-14(18)16(20)17-9-5-2-6-10-17/h1,3-4,7-8,14H,2,5-6,9-12H2. The number of thioether (sulfide) groups is 1. The average Bonchev–Trinajstić information content (AvgIpc) is 3.04. The molecule has 2 aliphatic rings. The fraction of sp³-hybridized carbons (Fsp3) is 0.500. The van der Waals surface area contributed by atoms with Crippen LogP contribution in [0.4, 0.5) is 0 Å². The van der Waals surface area contributed by atoms with Gasteiger partial charge in [-0.3, -0.25) is 9.59 Å². The lowest BCUT2D eigenvalue weighted by molar-refractivity contribution is -0.135. The summed E-state index contributed by atoms with van der Waals surface area (Å²) in [6.07, 6.45) is 3.37. The Hall–Kier alpha value is -1.49. The first-order valence-electron chi connectivity index (χ1n) is 7.50. The van der Waals surface area contributed by atoms with Crippen LogP contribution < -0.4 is 0 Å². The molecule has 0 saturated carbocycles. The van der Waals surface area contributed by atoms with Gasteiger partial charge >= 0.3 is 0 Å². The number of likely N-dealkylation sites (tertiary alicyclic amines) is 1. The Morgan fingerprint density at radius 1 is 1.05 bits per heavy atom. The van der Waals surface area contributed by atoms with Crippen molar-refractivity contribution in [2.45, 2.75) is 25.3 Å². The third-order valence-corrected chi connectivity index (χ3v) is 5.13. The lowest BCUT2D eigenvalue weighted by atomic mass is 10.1. The lowest BCUT2D eigenvalue weighted by Crippen LogP contribution is -2.50. The molecule has 2 aliphatic heterocycles. The van der Waals surface area contributed by atoms with Crippen LogP contribution in [0.1, 0.15) is 29.6 Å². The molecule has 0 aliphatic carbocycles. The molecule has 2 fully saturated rings. The molecule has 0 radical (unpaired) electrons. The van der Waals surface area contributed by atoms with Crippen LogP contribution in [0.15, 0.2) is 30.3 Å². The zero-order chi connectivity index (χ0) is 14.7. The smallest absolute Gasteiger partial charge is 0.255 e. The van der Waals surface area contributed by atoms with Crippen molar-refractivity contribution in [3.8, 4) is 0 Å². The first-order chi connectivity index (χ1) is 10.3. The maximum absolute atomic E-state index is 12.7. The molecule has 1 aromatic rings.